The molecule has 2 aliphatic rings. The van der Waals surface area contributed by atoms with Gasteiger partial charge in [-0.3, -0.25) is 4.79 Å². The predicted molar refractivity (Wildman–Crippen MR) is 76.6 cm³/mol. The van der Waals surface area contributed by atoms with Gasteiger partial charge in [-0.15, -0.1) is 0 Å². The fourth-order valence-corrected chi connectivity index (χ4v) is 3.46. The van der Waals surface area contributed by atoms with Crippen LogP contribution in [0.4, 0.5) is 4.79 Å². The maximum absolute atomic E-state index is 12.4. The topological polar surface area (TPSA) is 60.9 Å². The Bertz CT molecular complexity index is 356. The highest BCUT2D eigenvalue weighted by molar-refractivity contribution is 5.77. The Labute approximate surface area is 120 Å². The van der Waals surface area contributed by atoms with E-state index < -0.39 is 11.4 Å². The average Bonchev–Trinajstić information content (AvgIpc) is 2.48. The number of carboxylic acids is 1. The Balaban J connectivity index is 1.92. The molecule has 0 radical (unpaired) electrons. The number of rotatable bonds is 3. The van der Waals surface area contributed by atoms with Gasteiger partial charge in [-0.25, -0.2) is 4.79 Å². The molecule has 0 bridgehead atoms. The van der Waals surface area contributed by atoms with Gasteiger partial charge in [0.1, 0.15) is 0 Å². The molecule has 0 spiro atoms. The molecule has 2 heterocycles. The second kappa shape index (κ2) is 6.46. The smallest absolute Gasteiger partial charge is 0.319 e. The summed E-state index contributed by atoms with van der Waals surface area (Å²) < 4.78 is 0. The highest BCUT2D eigenvalue weighted by atomic mass is 16.4. The Morgan fingerprint density at radius 2 is 1.55 bits per heavy atom. The molecule has 1 N–H and O–H groups in total. The van der Waals surface area contributed by atoms with E-state index in [2.05, 4.69) is 0 Å². The molecule has 2 aliphatic heterocycles. The Hall–Kier alpha value is -1.26. The third kappa shape index (κ3) is 3.07. The summed E-state index contributed by atoms with van der Waals surface area (Å²) in [6.07, 6.45) is 6.18. The number of aliphatic carboxylic acids is 1. The lowest BCUT2D eigenvalue weighted by atomic mass is 9.75. The van der Waals surface area contributed by atoms with Gasteiger partial charge in [0.25, 0.3) is 0 Å². The molecule has 0 aromatic carbocycles. The van der Waals surface area contributed by atoms with Crippen LogP contribution in [0.1, 0.15) is 51.9 Å². The van der Waals surface area contributed by atoms with E-state index in [-0.39, 0.29) is 6.03 Å². The maximum atomic E-state index is 12.4. The summed E-state index contributed by atoms with van der Waals surface area (Å²) in [4.78, 5) is 27.7. The van der Waals surface area contributed by atoms with E-state index in [0.717, 1.165) is 32.4 Å². The number of carbonyl (C=O) groups is 2. The molecule has 2 rings (SSSR count). The van der Waals surface area contributed by atoms with Crippen molar-refractivity contribution in [2.24, 2.45) is 5.41 Å². The van der Waals surface area contributed by atoms with Gasteiger partial charge >= 0.3 is 12.0 Å². The summed E-state index contributed by atoms with van der Waals surface area (Å²) >= 11 is 0. The molecule has 0 aromatic rings. The second-order valence-corrected chi connectivity index (χ2v) is 6.15. The first-order chi connectivity index (χ1) is 9.59. The predicted octanol–water partition coefficient (Wildman–Crippen LogP) is 2.56. The van der Waals surface area contributed by atoms with Crippen molar-refractivity contribution in [1.29, 1.82) is 0 Å². The van der Waals surface area contributed by atoms with E-state index in [9.17, 15) is 14.7 Å². The number of likely N-dealkylation sites (tertiary alicyclic amines) is 2. The lowest BCUT2D eigenvalue weighted by molar-refractivity contribution is -0.152. The zero-order valence-corrected chi connectivity index (χ0v) is 12.4. The number of urea groups is 1. The molecule has 0 aromatic heterocycles. The van der Waals surface area contributed by atoms with Gasteiger partial charge in [-0.05, 0) is 38.5 Å². The van der Waals surface area contributed by atoms with E-state index in [1.165, 1.54) is 6.42 Å². The third-order valence-corrected chi connectivity index (χ3v) is 4.80. The van der Waals surface area contributed by atoms with E-state index in [1.54, 1.807) is 0 Å². The van der Waals surface area contributed by atoms with Crippen molar-refractivity contribution >= 4 is 12.0 Å². The minimum Gasteiger partial charge on any atom is -0.481 e. The minimum atomic E-state index is -0.690. The summed E-state index contributed by atoms with van der Waals surface area (Å²) in [7, 11) is 0. The summed E-state index contributed by atoms with van der Waals surface area (Å²) in [5.74, 6) is -0.690. The highest BCUT2D eigenvalue weighted by Gasteiger charge is 2.42. The standard InChI is InChI=1S/C15H26N2O3/c1-2-6-15(13(18)19)7-11-17(12-8-15)14(20)16-9-4-3-5-10-16/h2-12H2,1H3,(H,18,19). The van der Waals surface area contributed by atoms with E-state index in [4.69, 9.17) is 0 Å². The van der Waals surface area contributed by atoms with E-state index in [1.807, 2.05) is 16.7 Å². The number of nitrogens with zero attached hydrogens (tertiary/aromatic N) is 2. The fourth-order valence-electron chi connectivity index (χ4n) is 3.46. The summed E-state index contributed by atoms with van der Waals surface area (Å²) in [5.41, 5.74) is -0.604. The van der Waals surface area contributed by atoms with Crippen LogP contribution in [-0.2, 0) is 4.79 Å². The number of carboxylic acid groups (broad SMARTS) is 1. The summed E-state index contributed by atoms with van der Waals surface area (Å²) in [6, 6.07) is 0.111. The molecule has 2 fully saturated rings. The first-order valence-corrected chi connectivity index (χ1v) is 7.86. The normalized spacial score (nSPS) is 22.6. The lowest BCUT2D eigenvalue weighted by Crippen LogP contribution is -2.51. The molecule has 2 saturated heterocycles. The number of amides is 2. The van der Waals surface area contributed by atoms with Crippen molar-refractivity contribution < 1.29 is 14.7 Å². The van der Waals surface area contributed by atoms with Gasteiger partial charge in [0.05, 0.1) is 5.41 Å². The van der Waals surface area contributed by atoms with Gasteiger partial charge in [-0.2, -0.15) is 0 Å². The molecule has 5 heteroatoms. The molecule has 5 nitrogen and oxygen atoms in total. The van der Waals surface area contributed by atoms with E-state index in [0.29, 0.717) is 32.4 Å². The molecule has 0 unspecified atom stereocenters. The van der Waals surface area contributed by atoms with E-state index >= 15 is 0 Å². The van der Waals surface area contributed by atoms with Gasteiger partial charge in [0.15, 0.2) is 0 Å². The Morgan fingerprint density at radius 3 is 2.05 bits per heavy atom. The monoisotopic (exact) mass is 282 g/mol. The first-order valence-electron chi connectivity index (χ1n) is 7.86. The van der Waals surface area contributed by atoms with Crippen LogP contribution >= 0.6 is 0 Å². The van der Waals surface area contributed by atoms with Crippen molar-refractivity contribution in [3.8, 4) is 0 Å². The van der Waals surface area contributed by atoms with Crippen LogP contribution in [0.3, 0.4) is 0 Å². The van der Waals surface area contributed by atoms with Gasteiger partial charge < -0.3 is 14.9 Å². The Morgan fingerprint density at radius 1 is 1.00 bits per heavy atom. The molecule has 0 saturated carbocycles. The number of hydrogen-bond donors (Lipinski definition) is 1. The van der Waals surface area contributed by atoms with Gasteiger partial charge in [0.2, 0.25) is 0 Å². The summed E-state index contributed by atoms with van der Waals surface area (Å²) in [6.45, 7) is 4.90. The zero-order chi connectivity index (χ0) is 14.6. The molecular formula is C15H26N2O3. The quantitative estimate of drug-likeness (QED) is 0.865. The molecular weight excluding hydrogens is 256 g/mol. The molecule has 20 heavy (non-hydrogen) atoms. The molecule has 0 atom stereocenters. The van der Waals surface area contributed by atoms with Crippen LogP contribution in [0.25, 0.3) is 0 Å². The zero-order valence-electron chi connectivity index (χ0n) is 12.4. The summed E-state index contributed by atoms with van der Waals surface area (Å²) in [5, 5.41) is 9.48. The molecule has 0 aliphatic carbocycles. The highest BCUT2D eigenvalue weighted by Crippen LogP contribution is 2.36. The maximum Gasteiger partial charge on any atom is 0.319 e. The lowest BCUT2D eigenvalue weighted by Gasteiger charge is -2.41. The van der Waals surface area contributed by atoms with Crippen LogP contribution in [0, 0.1) is 5.41 Å². The fraction of sp³-hybridized carbons (Fsp3) is 0.867. The van der Waals surface area contributed by atoms with Crippen molar-refractivity contribution in [1.82, 2.24) is 9.80 Å². The number of carbonyl (C=O) groups excluding carboxylic acids is 1. The second-order valence-electron chi connectivity index (χ2n) is 6.15. The Kier molecular flexibility index (Phi) is 4.89. The number of hydrogen-bond acceptors (Lipinski definition) is 2. The third-order valence-electron chi connectivity index (χ3n) is 4.80. The SMILES string of the molecule is CCCC1(C(=O)O)CCN(C(=O)N2CCCCC2)CC1. The molecule has 114 valence electrons. The van der Waals surface area contributed by atoms with Gasteiger partial charge in [0, 0.05) is 26.2 Å². The number of piperidine rings is 2. The van der Waals surface area contributed by atoms with Crippen LogP contribution in [0.5, 0.6) is 0 Å². The molecule has 2 amide bonds. The largest absolute Gasteiger partial charge is 0.481 e. The van der Waals surface area contributed by atoms with Crippen LogP contribution in [0.2, 0.25) is 0 Å². The minimum absolute atomic E-state index is 0.111. The van der Waals surface area contributed by atoms with Crippen LogP contribution in [-0.4, -0.2) is 53.1 Å². The first kappa shape index (κ1) is 15.1. The van der Waals surface area contributed by atoms with Gasteiger partial charge in [-0.1, -0.05) is 13.3 Å². The van der Waals surface area contributed by atoms with Crippen molar-refractivity contribution in [2.75, 3.05) is 26.2 Å². The van der Waals surface area contributed by atoms with Crippen molar-refractivity contribution in [2.45, 2.75) is 51.9 Å². The van der Waals surface area contributed by atoms with Crippen molar-refractivity contribution in [3.63, 3.8) is 0 Å². The van der Waals surface area contributed by atoms with Crippen LogP contribution in [0.15, 0.2) is 0 Å². The van der Waals surface area contributed by atoms with Crippen molar-refractivity contribution in [3.05, 3.63) is 0 Å². The van der Waals surface area contributed by atoms with Crippen LogP contribution < -0.4 is 0 Å². The average molecular weight is 282 g/mol.